The van der Waals surface area contributed by atoms with Crippen LogP contribution in [-0.4, -0.2) is 9.38 Å². The van der Waals surface area contributed by atoms with E-state index in [1.807, 2.05) is 30.4 Å². The summed E-state index contributed by atoms with van der Waals surface area (Å²) < 4.78 is 1.94. The van der Waals surface area contributed by atoms with E-state index in [-0.39, 0.29) is 0 Å². The van der Waals surface area contributed by atoms with E-state index in [0.29, 0.717) is 15.9 Å². The Kier molecular flexibility index (Phi) is 3.11. The van der Waals surface area contributed by atoms with Gasteiger partial charge in [-0.15, -0.1) is 0 Å². The molecule has 0 atom stereocenters. The predicted octanol–water partition coefficient (Wildman–Crippen LogP) is 4.51. The largest absolute Gasteiger partial charge is 0.383 e. The van der Waals surface area contributed by atoms with Gasteiger partial charge in [-0.25, -0.2) is 4.98 Å². The number of pyridine rings is 1. The first-order chi connectivity index (χ1) is 9.47. The molecule has 0 radical (unpaired) electrons. The zero-order valence-electron chi connectivity index (χ0n) is 11.1. The van der Waals surface area contributed by atoms with Gasteiger partial charge >= 0.3 is 0 Å². The van der Waals surface area contributed by atoms with E-state index in [2.05, 4.69) is 11.1 Å². The van der Waals surface area contributed by atoms with Crippen LogP contribution in [0.1, 0.15) is 11.3 Å². The molecule has 20 heavy (non-hydrogen) atoms. The number of nitrogen functional groups attached to an aromatic ring is 1. The molecule has 0 bridgehead atoms. The fourth-order valence-electron chi connectivity index (χ4n) is 2.41. The zero-order chi connectivity index (χ0) is 14.4. The molecule has 0 aliphatic carbocycles. The number of halogens is 2. The maximum absolute atomic E-state index is 6.23. The molecule has 2 heterocycles. The van der Waals surface area contributed by atoms with E-state index in [4.69, 9.17) is 28.9 Å². The molecule has 0 unspecified atom stereocenters. The first-order valence-electron chi connectivity index (χ1n) is 6.18. The van der Waals surface area contributed by atoms with Gasteiger partial charge in [0.15, 0.2) is 0 Å². The highest BCUT2D eigenvalue weighted by Gasteiger charge is 2.14. The number of rotatable bonds is 1. The molecule has 0 amide bonds. The van der Waals surface area contributed by atoms with E-state index >= 15 is 0 Å². The predicted molar refractivity (Wildman–Crippen MR) is 84.5 cm³/mol. The van der Waals surface area contributed by atoms with E-state index in [1.54, 1.807) is 12.1 Å². The van der Waals surface area contributed by atoms with Gasteiger partial charge in [0.1, 0.15) is 17.2 Å². The monoisotopic (exact) mass is 305 g/mol. The lowest BCUT2D eigenvalue weighted by Gasteiger charge is -2.04. The lowest BCUT2D eigenvalue weighted by Crippen LogP contribution is -1.98. The first-order valence-corrected chi connectivity index (χ1v) is 6.93. The minimum absolute atomic E-state index is 0.494. The van der Waals surface area contributed by atoms with Crippen LogP contribution in [0.4, 0.5) is 5.82 Å². The molecule has 2 aromatic heterocycles. The number of fused-ring (bicyclic) bond motifs is 1. The summed E-state index contributed by atoms with van der Waals surface area (Å²) in [6.45, 7) is 4.05. The minimum atomic E-state index is 0.494. The molecule has 2 N–H and O–H groups in total. The number of nitrogens with zero attached hydrogens (tertiary/aromatic N) is 2. The quantitative estimate of drug-likeness (QED) is 0.719. The van der Waals surface area contributed by atoms with Crippen molar-refractivity contribution in [3.63, 3.8) is 0 Å². The van der Waals surface area contributed by atoms with Gasteiger partial charge in [0.2, 0.25) is 0 Å². The van der Waals surface area contributed by atoms with E-state index in [0.717, 1.165) is 28.2 Å². The molecular formula is C15H13Cl2N3. The Balaban J connectivity index is 2.29. The molecule has 0 aliphatic rings. The second kappa shape index (κ2) is 4.69. The summed E-state index contributed by atoms with van der Waals surface area (Å²) in [5, 5.41) is 1.01. The topological polar surface area (TPSA) is 43.3 Å². The Morgan fingerprint density at radius 2 is 1.80 bits per heavy atom. The third kappa shape index (κ3) is 2.03. The summed E-state index contributed by atoms with van der Waals surface area (Å²) in [7, 11) is 0. The normalized spacial score (nSPS) is 11.2. The third-order valence-electron chi connectivity index (χ3n) is 3.28. The second-order valence-electron chi connectivity index (χ2n) is 4.84. The molecular weight excluding hydrogens is 293 g/mol. The van der Waals surface area contributed by atoms with Crippen molar-refractivity contribution < 1.29 is 0 Å². The van der Waals surface area contributed by atoms with Crippen LogP contribution in [0, 0.1) is 13.8 Å². The standard InChI is InChI=1S/C15H13Cl2N3/c1-8-5-9(2)20-13(6-8)19-14(15(20)18)10-3-4-11(16)12(17)7-10/h3-7H,18H2,1-2H3. The SMILES string of the molecule is Cc1cc(C)n2c(N)c(-c3ccc(Cl)c(Cl)c3)nc2c1. The molecule has 3 aromatic rings. The van der Waals surface area contributed by atoms with Crippen molar-refractivity contribution in [1.29, 1.82) is 0 Å². The molecule has 3 nitrogen and oxygen atoms in total. The van der Waals surface area contributed by atoms with Crippen LogP contribution in [0.3, 0.4) is 0 Å². The summed E-state index contributed by atoms with van der Waals surface area (Å²) in [6, 6.07) is 9.48. The molecule has 0 saturated heterocycles. The Bertz CT molecular complexity index is 822. The molecule has 3 rings (SSSR count). The fraction of sp³-hybridized carbons (Fsp3) is 0.133. The Morgan fingerprint density at radius 3 is 2.50 bits per heavy atom. The van der Waals surface area contributed by atoms with Gasteiger partial charge in [-0.1, -0.05) is 29.3 Å². The van der Waals surface area contributed by atoms with Crippen molar-refractivity contribution in [3.05, 3.63) is 51.6 Å². The van der Waals surface area contributed by atoms with Gasteiger partial charge in [-0.05, 0) is 43.7 Å². The number of nitrogens with two attached hydrogens (primary N) is 1. The average molecular weight is 306 g/mol. The number of anilines is 1. The van der Waals surface area contributed by atoms with Crippen LogP contribution in [0.15, 0.2) is 30.3 Å². The van der Waals surface area contributed by atoms with E-state index < -0.39 is 0 Å². The van der Waals surface area contributed by atoms with Crippen molar-refractivity contribution in [2.24, 2.45) is 0 Å². The van der Waals surface area contributed by atoms with Crippen molar-refractivity contribution in [3.8, 4) is 11.3 Å². The summed E-state index contributed by atoms with van der Waals surface area (Å²) in [6.07, 6.45) is 0. The van der Waals surface area contributed by atoms with Crippen molar-refractivity contribution in [2.75, 3.05) is 5.73 Å². The van der Waals surface area contributed by atoms with Crippen LogP contribution >= 0.6 is 23.2 Å². The molecule has 102 valence electrons. The van der Waals surface area contributed by atoms with E-state index in [9.17, 15) is 0 Å². The second-order valence-corrected chi connectivity index (χ2v) is 5.66. The highest BCUT2D eigenvalue weighted by Crippen LogP contribution is 2.32. The van der Waals surface area contributed by atoms with Gasteiger partial charge in [0, 0.05) is 11.3 Å². The number of benzene rings is 1. The number of hydrogen-bond acceptors (Lipinski definition) is 2. The Labute approximate surface area is 127 Å². The molecule has 0 saturated carbocycles. The Morgan fingerprint density at radius 1 is 1.05 bits per heavy atom. The number of hydrogen-bond donors (Lipinski definition) is 1. The van der Waals surface area contributed by atoms with Gasteiger partial charge in [-0.2, -0.15) is 0 Å². The third-order valence-corrected chi connectivity index (χ3v) is 4.02. The Hall–Kier alpha value is -1.71. The minimum Gasteiger partial charge on any atom is -0.383 e. The van der Waals surface area contributed by atoms with Gasteiger partial charge in [0.05, 0.1) is 10.0 Å². The van der Waals surface area contributed by atoms with Crippen LogP contribution in [0.2, 0.25) is 10.0 Å². The van der Waals surface area contributed by atoms with Gasteiger partial charge < -0.3 is 5.73 Å². The van der Waals surface area contributed by atoms with Gasteiger partial charge in [0.25, 0.3) is 0 Å². The number of aromatic nitrogens is 2. The molecule has 5 heteroatoms. The number of imidazole rings is 1. The fourth-order valence-corrected chi connectivity index (χ4v) is 2.71. The van der Waals surface area contributed by atoms with Crippen molar-refractivity contribution >= 4 is 34.7 Å². The molecule has 0 spiro atoms. The van der Waals surface area contributed by atoms with Crippen LogP contribution in [0.25, 0.3) is 16.9 Å². The average Bonchev–Trinajstić information content (AvgIpc) is 2.70. The van der Waals surface area contributed by atoms with Crippen molar-refractivity contribution in [2.45, 2.75) is 13.8 Å². The van der Waals surface area contributed by atoms with Crippen LogP contribution < -0.4 is 5.73 Å². The summed E-state index contributed by atoms with van der Waals surface area (Å²) in [5.74, 6) is 0.607. The molecule has 0 fully saturated rings. The highest BCUT2D eigenvalue weighted by atomic mass is 35.5. The van der Waals surface area contributed by atoms with Crippen LogP contribution in [0.5, 0.6) is 0 Å². The summed E-state index contributed by atoms with van der Waals surface area (Å²) >= 11 is 12.0. The maximum Gasteiger partial charge on any atom is 0.139 e. The lowest BCUT2D eigenvalue weighted by atomic mass is 10.1. The first kappa shape index (κ1) is 13.3. The van der Waals surface area contributed by atoms with E-state index in [1.165, 1.54) is 0 Å². The smallest absolute Gasteiger partial charge is 0.139 e. The van der Waals surface area contributed by atoms with Crippen molar-refractivity contribution in [1.82, 2.24) is 9.38 Å². The zero-order valence-corrected chi connectivity index (χ0v) is 12.6. The number of aryl methyl sites for hydroxylation is 2. The van der Waals surface area contributed by atoms with Gasteiger partial charge in [-0.3, -0.25) is 4.40 Å². The lowest BCUT2D eigenvalue weighted by molar-refractivity contribution is 1.09. The highest BCUT2D eigenvalue weighted by molar-refractivity contribution is 6.42. The summed E-state index contributed by atoms with van der Waals surface area (Å²) in [5.41, 5.74) is 10.9. The molecule has 0 aliphatic heterocycles. The van der Waals surface area contributed by atoms with Crippen LogP contribution in [-0.2, 0) is 0 Å². The summed E-state index contributed by atoms with van der Waals surface area (Å²) in [4.78, 5) is 4.61. The maximum atomic E-state index is 6.23. The molecule has 1 aromatic carbocycles.